The maximum absolute atomic E-state index is 12.0. The lowest BCUT2D eigenvalue weighted by atomic mass is 9.46. The van der Waals surface area contributed by atoms with Crippen molar-refractivity contribution in [2.45, 2.75) is 71.5 Å². The van der Waals surface area contributed by atoms with E-state index in [4.69, 9.17) is 9.47 Å². The molecule has 3 rings (SSSR count). The van der Waals surface area contributed by atoms with Gasteiger partial charge < -0.3 is 14.6 Å². The molecule has 2 aliphatic carbocycles. The molecule has 25 heavy (non-hydrogen) atoms. The van der Waals surface area contributed by atoms with E-state index in [0.717, 1.165) is 58.0 Å². The first-order valence-electron chi connectivity index (χ1n) is 9.86. The van der Waals surface area contributed by atoms with E-state index in [1.807, 2.05) is 6.92 Å². The van der Waals surface area contributed by atoms with Gasteiger partial charge in [0.1, 0.15) is 0 Å². The highest BCUT2D eigenvalue weighted by atomic mass is 16.7. The molecule has 1 aliphatic heterocycles. The van der Waals surface area contributed by atoms with Gasteiger partial charge in [-0.05, 0) is 68.6 Å². The van der Waals surface area contributed by atoms with Gasteiger partial charge in [0, 0.05) is 13.5 Å². The zero-order chi connectivity index (χ0) is 18.2. The molecule has 0 radical (unpaired) electrons. The third kappa shape index (κ3) is 3.28. The zero-order valence-electron chi connectivity index (χ0n) is 16.1. The number of aliphatic carboxylic acids is 1. The molecule has 1 heterocycles. The van der Waals surface area contributed by atoms with Gasteiger partial charge >= 0.3 is 5.97 Å². The molecule has 142 valence electrons. The van der Waals surface area contributed by atoms with E-state index in [2.05, 4.69) is 13.5 Å². The number of rotatable bonds is 5. The third-order valence-electron chi connectivity index (χ3n) is 7.68. The van der Waals surface area contributed by atoms with Crippen molar-refractivity contribution in [2.75, 3.05) is 13.7 Å². The summed E-state index contributed by atoms with van der Waals surface area (Å²) < 4.78 is 11.0. The van der Waals surface area contributed by atoms with Crippen LogP contribution in [0.25, 0.3) is 0 Å². The van der Waals surface area contributed by atoms with Crippen LogP contribution >= 0.6 is 0 Å². The fourth-order valence-electron chi connectivity index (χ4n) is 6.16. The maximum Gasteiger partial charge on any atom is 0.309 e. The van der Waals surface area contributed by atoms with Crippen molar-refractivity contribution in [3.63, 3.8) is 0 Å². The van der Waals surface area contributed by atoms with Crippen LogP contribution in [0, 0.1) is 28.6 Å². The molecule has 2 saturated carbocycles. The van der Waals surface area contributed by atoms with Crippen LogP contribution in [0.3, 0.4) is 0 Å². The molecule has 4 nitrogen and oxygen atoms in total. The number of fused-ring (bicyclic) bond motifs is 1. The zero-order valence-corrected chi connectivity index (χ0v) is 16.1. The lowest BCUT2D eigenvalue weighted by Gasteiger charge is -2.57. The van der Waals surface area contributed by atoms with Crippen LogP contribution in [-0.2, 0) is 14.3 Å². The molecule has 3 aliphatic rings. The molecule has 0 aromatic heterocycles. The molecule has 0 aromatic rings. The van der Waals surface area contributed by atoms with Crippen LogP contribution in [0.1, 0.15) is 65.2 Å². The molecule has 1 N–H and O–H groups in total. The van der Waals surface area contributed by atoms with Crippen molar-refractivity contribution in [2.24, 2.45) is 28.6 Å². The lowest BCUT2D eigenvalue weighted by Crippen LogP contribution is -2.53. The monoisotopic (exact) mass is 350 g/mol. The minimum absolute atomic E-state index is 0.0483. The van der Waals surface area contributed by atoms with E-state index in [1.54, 1.807) is 7.11 Å². The van der Waals surface area contributed by atoms with Gasteiger partial charge in [-0.2, -0.15) is 0 Å². The average Bonchev–Trinajstić information content (AvgIpc) is 3.02. The van der Waals surface area contributed by atoms with Crippen molar-refractivity contribution >= 4 is 5.97 Å². The van der Waals surface area contributed by atoms with Crippen molar-refractivity contribution < 1.29 is 19.4 Å². The molecule has 0 aromatic carbocycles. The second-order valence-corrected chi connectivity index (χ2v) is 9.06. The Morgan fingerprint density at radius 2 is 2.12 bits per heavy atom. The highest BCUT2D eigenvalue weighted by molar-refractivity contribution is 5.75. The predicted octanol–water partition coefficient (Wildman–Crippen LogP) is 4.64. The summed E-state index contributed by atoms with van der Waals surface area (Å²) in [5, 5.41) is 9.91. The van der Waals surface area contributed by atoms with Gasteiger partial charge in [0.25, 0.3) is 0 Å². The Morgan fingerprint density at radius 1 is 1.36 bits per heavy atom. The second kappa shape index (κ2) is 7.03. The van der Waals surface area contributed by atoms with Crippen LogP contribution in [-0.4, -0.2) is 31.1 Å². The molecule has 0 amide bonds. The van der Waals surface area contributed by atoms with E-state index < -0.39 is 11.4 Å². The molecule has 6 unspecified atom stereocenters. The summed E-state index contributed by atoms with van der Waals surface area (Å²) in [7, 11) is 1.70. The summed E-state index contributed by atoms with van der Waals surface area (Å²) >= 11 is 0. The molecular weight excluding hydrogens is 316 g/mol. The molecule has 3 fully saturated rings. The van der Waals surface area contributed by atoms with Crippen LogP contribution in [0.5, 0.6) is 0 Å². The third-order valence-corrected chi connectivity index (χ3v) is 7.68. The van der Waals surface area contributed by atoms with Crippen molar-refractivity contribution in [1.82, 2.24) is 0 Å². The first-order valence-corrected chi connectivity index (χ1v) is 9.86. The van der Waals surface area contributed by atoms with E-state index in [1.165, 1.54) is 5.57 Å². The SMILES string of the molecule is C=C1CCC2C(C)(C(=O)O)CCCC2(C)C1CCC1COC(OC)C1. The van der Waals surface area contributed by atoms with Gasteiger partial charge in [0.05, 0.1) is 12.0 Å². The Balaban J connectivity index is 1.74. The molecule has 1 saturated heterocycles. The maximum atomic E-state index is 12.0. The highest BCUT2D eigenvalue weighted by Gasteiger charge is 2.57. The van der Waals surface area contributed by atoms with Crippen LogP contribution < -0.4 is 0 Å². The summed E-state index contributed by atoms with van der Waals surface area (Å²) in [6.07, 6.45) is 8.07. The second-order valence-electron chi connectivity index (χ2n) is 9.06. The first kappa shape index (κ1) is 18.9. The van der Waals surface area contributed by atoms with Crippen molar-refractivity contribution in [1.29, 1.82) is 0 Å². The number of methoxy groups -OCH3 is 1. The molecule has 4 heteroatoms. The van der Waals surface area contributed by atoms with Crippen molar-refractivity contribution in [3.05, 3.63) is 12.2 Å². The van der Waals surface area contributed by atoms with Gasteiger partial charge in [-0.1, -0.05) is 25.5 Å². The summed E-state index contributed by atoms with van der Waals surface area (Å²) in [5.74, 6) is 0.637. The largest absolute Gasteiger partial charge is 0.481 e. The highest BCUT2D eigenvalue weighted by Crippen LogP contribution is 2.62. The van der Waals surface area contributed by atoms with Crippen LogP contribution in [0.4, 0.5) is 0 Å². The number of carbonyl (C=O) groups is 1. The quantitative estimate of drug-likeness (QED) is 0.734. The molecular formula is C21H34O4. The predicted molar refractivity (Wildman–Crippen MR) is 97.1 cm³/mol. The van der Waals surface area contributed by atoms with Crippen LogP contribution in [0.15, 0.2) is 12.2 Å². The number of allylic oxidation sites excluding steroid dienone is 1. The molecule has 0 spiro atoms. The summed E-state index contributed by atoms with van der Waals surface area (Å²) in [4.78, 5) is 12.0. The number of carboxylic acids is 1. The first-order chi connectivity index (χ1) is 11.8. The number of carboxylic acid groups (broad SMARTS) is 1. The normalized spacial score (nSPS) is 44.5. The summed E-state index contributed by atoms with van der Waals surface area (Å²) in [6, 6.07) is 0. The van der Waals surface area contributed by atoms with E-state index in [9.17, 15) is 9.90 Å². The number of ether oxygens (including phenoxy) is 2. The minimum Gasteiger partial charge on any atom is -0.481 e. The molecule has 0 bridgehead atoms. The van der Waals surface area contributed by atoms with Crippen molar-refractivity contribution in [3.8, 4) is 0 Å². The van der Waals surface area contributed by atoms with Gasteiger partial charge in [-0.15, -0.1) is 0 Å². The Hall–Kier alpha value is -0.870. The van der Waals surface area contributed by atoms with Gasteiger partial charge in [-0.3, -0.25) is 4.79 Å². The Kier molecular flexibility index (Phi) is 5.32. The summed E-state index contributed by atoms with van der Waals surface area (Å²) in [5.41, 5.74) is 0.834. The lowest BCUT2D eigenvalue weighted by molar-refractivity contribution is -0.164. The van der Waals surface area contributed by atoms with E-state index in [-0.39, 0.29) is 17.6 Å². The Bertz CT molecular complexity index is 530. The smallest absolute Gasteiger partial charge is 0.309 e. The van der Waals surface area contributed by atoms with E-state index in [0.29, 0.717) is 11.8 Å². The fraction of sp³-hybridized carbons (Fsp3) is 0.857. The minimum atomic E-state index is -0.609. The standard InChI is InChI=1S/C21H34O4/c1-14-6-9-17-20(2,10-5-11-21(17,3)19(22)23)16(14)8-7-15-12-18(24-4)25-13-15/h15-18H,1,5-13H2,2-4H3,(H,22,23). The molecule has 6 atom stereocenters. The number of hydrogen-bond donors (Lipinski definition) is 1. The fourth-order valence-corrected chi connectivity index (χ4v) is 6.16. The van der Waals surface area contributed by atoms with Gasteiger partial charge in [-0.25, -0.2) is 0 Å². The van der Waals surface area contributed by atoms with E-state index >= 15 is 0 Å². The van der Waals surface area contributed by atoms with Gasteiger partial charge in [0.15, 0.2) is 6.29 Å². The Labute approximate surface area is 152 Å². The number of hydrogen-bond acceptors (Lipinski definition) is 3. The van der Waals surface area contributed by atoms with Crippen LogP contribution in [0.2, 0.25) is 0 Å². The average molecular weight is 350 g/mol. The van der Waals surface area contributed by atoms with Gasteiger partial charge in [0.2, 0.25) is 0 Å². The Morgan fingerprint density at radius 3 is 2.76 bits per heavy atom. The topological polar surface area (TPSA) is 55.8 Å². The summed E-state index contributed by atoms with van der Waals surface area (Å²) in [6.45, 7) is 9.51.